The van der Waals surface area contributed by atoms with Crippen LogP contribution in [0.3, 0.4) is 0 Å². The van der Waals surface area contributed by atoms with Crippen LogP contribution in [0.5, 0.6) is 0 Å². The molecule has 1 N–H and O–H groups in total. The van der Waals surface area contributed by atoms with Crippen LogP contribution >= 0.6 is 0 Å². The molecule has 2 atom stereocenters. The molecule has 2 aliphatic heterocycles. The maximum atomic E-state index is 12.8. The molecule has 0 spiro atoms. The van der Waals surface area contributed by atoms with Crippen molar-refractivity contribution in [1.82, 2.24) is 9.62 Å². The third-order valence-corrected chi connectivity index (χ3v) is 6.37. The Kier molecular flexibility index (Phi) is 4.20. The predicted octanol–water partition coefficient (Wildman–Crippen LogP) is 0.846. The summed E-state index contributed by atoms with van der Waals surface area (Å²) in [7, 11) is -2.29. The van der Waals surface area contributed by atoms with E-state index in [1.807, 2.05) is 0 Å². The molecule has 0 saturated carbocycles. The quantitative estimate of drug-likeness (QED) is 0.834. The molecule has 0 aromatic heterocycles. The van der Waals surface area contributed by atoms with Gasteiger partial charge in [-0.2, -0.15) is 4.31 Å². The van der Waals surface area contributed by atoms with Crippen molar-refractivity contribution in [3.63, 3.8) is 0 Å². The molecule has 1 aromatic carbocycles. The molecule has 2 aliphatic rings. The van der Waals surface area contributed by atoms with Crippen LogP contribution in [0.15, 0.2) is 29.2 Å². The fourth-order valence-electron chi connectivity index (χ4n) is 3.28. The number of carbonyl (C=O) groups excluding carboxylic acids is 1. The zero-order chi connectivity index (χ0) is 15.7. The highest BCUT2D eigenvalue weighted by molar-refractivity contribution is 7.89. The molecule has 0 amide bonds. The molecule has 0 radical (unpaired) electrons. The molecule has 2 heterocycles. The zero-order valence-electron chi connectivity index (χ0n) is 12.5. The molecule has 120 valence electrons. The monoisotopic (exact) mass is 324 g/mol. The van der Waals surface area contributed by atoms with Gasteiger partial charge in [-0.1, -0.05) is 6.07 Å². The fraction of sp³-hybridized carbons (Fsp3) is 0.533. The van der Waals surface area contributed by atoms with Gasteiger partial charge in [0, 0.05) is 19.1 Å². The maximum absolute atomic E-state index is 12.8. The molecule has 2 fully saturated rings. The molecule has 2 unspecified atom stereocenters. The van der Waals surface area contributed by atoms with Gasteiger partial charge in [-0.15, -0.1) is 0 Å². The van der Waals surface area contributed by atoms with E-state index in [0.717, 1.165) is 19.4 Å². The number of fused-ring (bicyclic) bond motifs is 1. The second-order valence-corrected chi connectivity index (χ2v) is 7.72. The number of hydrogen-bond acceptors (Lipinski definition) is 5. The van der Waals surface area contributed by atoms with Crippen LogP contribution in [0, 0.1) is 5.92 Å². The molecular formula is C15H20N2O4S. The van der Waals surface area contributed by atoms with Gasteiger partial charge in [0.25, 0.3) is 0 Å². The Morgan fingerprint density at radius 1 is 1.36 bits per heavy atom. The highest BCUT2D eigenvalue weighted by Crippen LogP contribution is 2.28. The van der Waals surface area contributed by atoms with Crippen LogP contribution < -0.4 is 5.32 Å². The van der Waals surface area contributed by atoms with Gasteiger partial charge < -0.3 is 10.1 Å². The first-order valence-corrected chi connectivity index (χ1v) is 8.88. The number of rotatable bonds is 3. The van der Waals surface area contributed by atoms with Gasteiger partial charge in [-0.05, 0) is 43.5 Å². The summed E-state index contributed by atoms with van der Waals surface area (Å²) in [6.07, 6.45) is 1.85. The van der Waals surface area contributed by atoms with Crippen LogP contribution in [0.4, 0.5) is 0 Å². The van der Waals surface area contributed by atoms with Crippen LogP contribution in [-0.2, 0) is 14.8 Å². The molecule has 7 heteroatoms. The average molecular weight is 324 g/mol. The predicted molar refractivity (Wildman–Crippen MR) is 81.1 cm³/mol. The summed E-state index contributed by atoms with van der Waals surface area (Å²) in [6, 6.07) is 6.48. The molecular weight excluding hydrogens is 304 g/mol. The first-order valence-electron chi connectivity index (χ1n) is 7.44. The van der Waals surface area contributed by atoms with Crippen LogP contribution in [0.1, 0.15) is 23.2 Å². The lowest BCUT2D eigenvalue weighted by atomic mass is 9.95. The van der Waals surface area contributed by atoms with Crippen molar-refractivity contribution in [2.24, 2.45) is 5.92 Å². The first kappa shape index (κ1) is 15.5. The largest absolute Gasteiger partial charge is 0.465 e. The van der Waals surface area contributed by atoms with Gasteiger partial charge in [0.15, 0.2) is 0 Å². The first-order chi connectivity index (χ1) is 10.5. The number of benzene rings is 1. The summed E-state index contributed by atoms with van der Waals surface area (Å²) >= 11 is 0. The lowest BCUT2D eigenvalue weighted by Crippen LogP contribution is -2.46. The maximum Gasteiger partial charge on any atom is 0.337 e. The molecule has 2 saturated heterocycles. The van der Waals surface area contributed by atoms with E-state index < -0.39 is 16.0 Å². The average Bonchev–Trinajstić information content (AvgIpc) is 3.01. The van der Waals surface area contributed by atoms with Crippen molar-refractivity contribution in [3.05, 3.63) is 29.8 Å². The van der Waals surface area contributed by atoms with Crippen LogP contribution in [-0.4, -0.2) is 51.5 Å². The number of nitrogens with zero attached hydrogens (tertiary/aromatic N) is 1. The summed E-state index contributed by atoms with van der Waals surface area (Å²) in [5, 5.41) is 3.42. The van der Waals surface area contributed by atoms with E-state index in [-0.39, 0.29) is 10.5 Å². The van der Waals surface area contributed by atoms with Crippen molar-refractivity contribution in [3.8, 4) is 0 Å². The summed E-state index contributed by atoms with van der Waals surface area (Å²) in [5.74, 6) is -0.150. The number of ether oxygens (including phenoxy) is 1. The SMILES string of the molecule is COC(=O)c1cccc(S(=O)(=O)N2CCC3NCCC3C2)c1. The van der Waals surface area contributed by atoms with Gasteiger partial charge in [-0.25, -0.2) is 13.2 Å². The van der Waals surface area contributed by atoms with Gasteiger partial charge in [0.2, 0.25) is 10.0 Å². The topological polar surface area (TPSA) is 75.7 Å². The lowest BCUT2D eigenvalue weighted by Gasteiger charge is -2.34. The number of carbonyl (C=O) groups is 1. The number of esters is 1. The van der Waals surface area contributed by atoms with Crippen molar-refractivity contribution in [2.45, 2.75) is 23.8 Å². The fourth-order valence-corrected chi connectivity index (χ4v) is 4.84. The number of piperidine rings is 1. The molecule has 3 rings (SSSR count). The number of methoxy groups -OCH3 is 1. The highest BCUT2D eigenvalue weighted by atomic mass is 32.2. The summed E-state index contributed by atoms with van der Waals surface area (Å²) < 4.78 is 31.8. The Labute approximate surface area is 130 Å². The van der Waals surface area contributed by atoms with Gasteiger partial charge in [0.05, 0.1) is 17.6 Å². The van der Waals surface area contributed by atoms with Gasteiger partial charge in [-0.3, -0.25) is 0 Å². The smallest absolute Gasteiger partial charge is 0.337 e. The minimum atomic E-state index is -3.57. The van der Waals surface area contributed by atoms with E-state index in [2.05, 4.69) is 10.1 Å². The Hall–Kier alpha value is -1.44. The summed E-state index contributed by atoms with van der Waals surface area (Å²) in [6.45, 7) is 2.02. The van der Waals surface area contributed by atoms with Crippen molar-refractivity contribution in [1.29, 1.82) is 0 Å². The van der Waals surface area contributed by atoms with Gasteiger partial charge >= 0.3 is 5.97 Å². The molecule has 22 heavy (non-hydrogen) atoms. The minimum Gasteiger partial charge on any atom is -0.465 e. The second-order valence-electron chi connectivity index (χ2n) is 5.78. The number of sulfonamides is 1. The zero-order valence-corrected chi connectivity index (χ0v) is 13.3. The molecule has 1 aromatic rings. The third kappa shape index (κ3) is 2.76. The van der Waals surface area contributed by atoms with E-state index in [1.54, 1.807) is 12.1 Å². The van der Waals surface area contributed by atoms with E-state index in [4.69, 9.17) is 0 Å². The molecule has 0 bridgehead atoms. The Morgan fingerprint density at radius 2 is 2.18 bits per heavy atom. The van der Waals surface area contributed by atoms with E-state index in [1.165, 1.54) is 23.5 Å². The Bertz CT molecular complexity index is 674. The summed E-state index contributed by atoms with van der Waals surface area (Å²) in [4.78, 5) is 11.7. The van der Waals surface area contributed by atoms with Crippen LogP contribution in [0.25, 0.3) is 0 Å². The third-order valence-electron chi connectivity index (χ3n) is 4.51. The number of nitrogens with one attached hydrogen (secondary N) is 1. The standard InChI is InChI=1S/C15H20N2O4S/c1-21-15(18)11-3-2-4-13(9-11)22(19,20)17-8-6-14-12(10-17)5-7-16-14/h2-4,9,12,14,16H,5-8,10H2,1H3. The lowest BCUT2D eigenvalue weighted by molar-refractivity contribution is 0.0600. The molecule has 0 aliphatic carbocycles. The van der Waals surface area contributed by atoms with Crippen molar-refractivity contribution in [2.75, 3.05) is 26.7 Å². The number of hydrogen-bond donors (Lipinski definition) is 1. The van der Waals surface area contributed by atoms with Crippen molar-refractivity contribution < 1.29 is 17.9 Å². The molecule has 6 nitrogen and oxygen atoms in total. The van der Waals surface area contributed by atoms with Crippen molar-refractivity contribution >= 4 is 16.0 Å². The Morgan fingerprint density at radius 3 is 2.95 bits per heavy atom. The van der Waals surface area contributed by atoms with Gasteiger partial charge in [0.1, 0.15) is 0 Å². The highest BCUT2D eigenvalue weighted by Gasteiger charge is 2.37. The summed E-state index contributed by atoms with van der Waals surface area (Å²) in [5.41, 5.74) is 0.251. The minimum absolute atomic E-state index is 0.153. The van der Waals surface area contributed by atoms with Crippen LogP contribution in [0.2, 0.25) is 0 Å². The van der Waals surface area contributed by atoms with E-state index in [9.17, 15) is 13.2 Å². The van der Waals surface area contributed by atoms with E-state index in [0.29, 0.717) is 25.0 Å². The van der Waals surface area contributed by atoms with E-state index >= 15 is 0 Å². The Balaban J connectivity index is 1.85. The second kappa shape index (κ2) is 5.98. The normalized spacial score (nSPS) is 25.7.